The highest BCUT2D eigenvalue weighted by molar-refractivity contribution is 4.98. The van der Waals surface area contributed by atoms with Gasteiger partial charge in [0.1, 0.15) is 0 Å². The molecule has 64 valence electrons. The van der Waals surface area contributed by atoms with Crippen LogP contribution in [0.1, 0.15) is 20.3 Å². The van der Waals surface area contributed by atoms with Gasteiger partial charge in [0.15, 0.2) is 0 Å². The van der Waals surface area contributed by atoms with Crippen molar-refractivity contribution in [3.8, 4) is 11.8 Å². The fraction of sp³-hybridized carbons (Fsp3) is 0.750. The molecule has 0 aromatic rings. The third-order valence-corrected chi connectivity index (χ3v) is 1.65. The maximum Gasteiger partial charge on any atom is 0.0718 e. The second kappa shape index (κ2) is 6.17. The lowest BCUT2D eigenvalue weighted by Gasteiger charge is -2.19. The topological polar surface area (TPSA) is 47.3 Å². The van der Waals surface area contributed by atoms with Crippen molar-refractivity contribution in [2.24, 2.45) is 5.84 Å². The van der Waals surface area contributed by atoms with Crippen molar-refractivity contribution in [3.05, 3.63) is 0 Å². The van der Waals surface area contributed by atoms with Gasteiger partial charge in [-0.1, -0.05) is 0 Å². The smallest absolute Gasteiger partial charge is 0.0718 e. The quantitative estimate of drug-likeness (QED) is 0.349. The van der Waals surface area contributed by atoms with Gasteiger partial charge in [-0.05, 0) is 13.8 Å². The van der Waals surface area contributed by atoms with E-state index in [1.54, 1.807) is 7.11 Å². The van der Waals surface area contributed by atoms with Gasteiger partial charge >= 0.3 is 0 Å². The largest absolute Gasteiger partial charge is 0.380 e. The Bertz CT molecular complexity index is 148. The summed E-state index contributed by atoms with van der Waals surface area (Å²) in [5.41, 5.74) is 2.66. The van der Waals surface area contributed by atoms with Crippen LogP contribution in [0.5, 0.6) is 0 Å². The standard InChI is InChI=1S/C8H16N2O/c1-4-5-6-8(10-9)7(2)11-3/h7-8,10H,6,9H2,1-3H3. The molecule has 0 amide bonds. The Balaban J connectivity index is 3.80. The first kappa shape index (κ1) is 10.4. The molecule has 0 radical (unpaired) electrons. The number of rotatable bonds is 4. The zero-order valence-electron chi connectivity index (χ0n) is 7.35. The predicted octanol–water partition coefficient (Wildman–Crippen LogP) is 0.267. The van der Waals surface area contributed by atoms with Crippen molar-refractivity contribution in [1.82, 2.24) is 5.43 Å². The highest BCUT2D eigenvalue weighted by atomic mass is 16.5. The summed E-state index contributed by atoms with van der Waals surface area (Å²) < 4.78 is 5.09. The first-order chi connectivity index (χ1) is 5.26. The minimum Gasteiger partial charge on any atom is -0.380 e. The van der Waals surface area contributed by atoms with Gasteiger partial charge < -0.3 is 4.74 Å². The normalized spacial score (nSPS) is 14.9. The number of ether oxygens (including phenoxy) is 1. The SMILES string of the molecule is CC#CCC(NN)C(C)OC. The second-order valence-electron chi connectivity index (χ2n) is 2.34. The van der Waals surface area contributed by atoms with Gasteiger partial charge in [0.05, 0.1) is 12.1 Å². The monoisotopic (exact) mass is 156 g/mol. The number of hydrazine groups is 1. The first-order valence-electron chi connectivity index (χ1n) is 3.64. The lowest BCUT2D eigenvalue weighted by atomic mass is 10.1. The van der Waals surface area contributed by atoms with E-state index in [0.717, 1.165) is 6.42 Å². The summed E-state index contributed by atoms with van der Waals surface area (Å²) in [6.07, 6.45) is 0.822. The van der Waals surface area contributed by atoms with Crippen molar-refractivity contribution in [3.63, 3.8) is 0 Å². The highest BCUT2D eigenvalue weighted by Gasteiger charge is 2.12. The molecule has 3 N–H and O–H groups in total. The van der Waals surface area contributed by atoms with E-state index in [1.165, 1.54) is 0 Å². The Morgan fingerprint density at radius 2 is 2.27 bits per heavy atom. The molecule has 0 aliphatic carbocycles. The molecule has 0 saturated carbocycles. The molecule has 0 rings (SSSR count). The number of hydrogen-bond acceptors (Lipinski definition) is 3. The van der Waals surface area contributed by atoms with E-state index in [-0.39, 0.29) is 12.1 Å². The van der Waals surface area contributed by atoms with Crippen LogP contribution < -0.4 is 11.3 Å². The fourth-order valence-electron chi connectivity index (χ4n) is 0.737. The summed E-state index contributed by atoms with van der Waals surface area (Å²) in [6, 6.07) is 0.118. The van der Waals surface area contributed by atoms with Crippen LogP contribution in [0.15, 0.2) is 0 Å². The molecule has 0 aliphatic rings. The Morgan fingerprint density at radius 3 is 2.64 bits per heavy atom. The molecule has 0 aromatic carbocycles. The number of nitrogens with one attached hydrogen (secondary N) is 1. The summed E-state index contributed by atoms with van der Waals surface area (Å²) in [5.74, 6) is 11.0. The maximum atomic E-state index is 5.29. The summed E-state index contributed by atoms with van der Waals surface area (Å²) in [5, 5.41) is 0. The minimum atomic E-state index is 0.0980. The average molecular weight is 156 g/mol. The molecule has 3 nitrogen and oxygen atoms in total. The van der Waals surface area contributed by atoms with Crippen molar-refractivity contribution in [2.75, 3.05) is 7.11 Å². The number of nitrogens with two attached hydrogens (primary N) is 1. The van der Waals surface area contributed by atoms with Gasteiger partial charge in [-0.3, -0.25) is 11.3 Å². The highest BCUT2D eigenvalue weighted by Crippen LogP contribution is 1.99. The molecule has 0 aliphatic heterocycles. The lowest BCUT2D eigenvalue weighted by Crippen LogP contribution is -2.43. The van der Waals surface area contributed by atoms with Gasteiger partial charge in [0, 0.05) is 13.5 Å². The molecule has 0 aromatic heterocycles. The van der Waals surface area contributed by atoms with Crippen LogP contribution in [0.4, 0.5) is 0 Å². The van der Waals surface area contributed by atoms with E-state index in [1.807, 2.05) is 13.8 Å². The van der Waals surface area contributed by atoms with Crippen molar-refractivity contribution in [2.45, 2.75) is 32.4 Å². The van der Waals surface area contributed by atoms with Gasteiger partial charge in [0.25, 0.3) is 0 Å². The van der Waals surface area contributed by atoms with Crippen LogP contribution in [-0.2, 0) is 4.74 Å². The summed E-state index contributed by atoms with van der Waals surface area (Å²) in [7, 11) is 1.66. The van der Waals surface area contributed by atoms with Crippen LogP contribution >= 0.6 is 0 Å². The number of methoxy groups -OCH3 is 1. The van der Waals surface area contributed by atoms with Crippen LogP contribution in [-0.4, -0.2) is 19.3 Å². The Labute approximate surface area is 68.3 Å². The summed E-state index contributed by atoms with van der Waals surface area (Å²) in [4.78, 5) is 0. The molecular formula is C8H16N2O. The first-order valence-corrected chi connectivity index (χ1v) is 3.64. The molecular weight excluding hydrogens is 140 g/mol. The van der Waals surface area contributed by atoms with Crippen molar-refractivity contribution >= 4 is 0 Å². The molecule has 0 spiro atoms. The van der Waals surface area contributed by atoms with Gasteiger partial charge in [-0.15, -0.1) is 11.8 Å². The summed E-state index contributed by atoms with van der Waals surface area (Å²) >= 11 is 0. The molecule has 0 fully saturated rings. The van der Waals surface area contributed by atoms with Gasteiger partial charge in [-0.2, -0.15) is 0 Å². The Morgan fingerprint density at radius 1 is 1.64 bits per heavy atom. The third kappa shape index (κ3) is 3.99. The zero-order valence-corrected chi connectivity index (χ0v) is 7.35. The molecule has 0 heterocycles. The van der Waals surface area contributed by atoms with Crippen molar-refractivity contribution in [1.29, 1.82) is 0 Å². The third-order valence-electron chi connectivity index (χ3n) is 1.65. The van der Waals surface area contributed by atoms with E-state index < -0.39 is 0 Å². The van der Waals surface area contributed by atoms with E-state index in [0.29, 0.717) is 0 Å². The minimum absolute atomic E-state index is 0.0980. The predicted molar refractivity (Wildman–Crippen MR) is 45.6 cm³/mol. The van der Waals surface area contributed by atoms with E-state index in [4.69, 9.17) is 10.6 Å². The van der Waals surface area contributed by atoms with Crippen LogP contribution in [0.3, 0.4) is 0 Å². The Hall–Kier alpha value is -0.560. The van der Waals surface area contributed by atoms with Gasteiger partial charge in [-0.25, -0.2) is 0 Å². The fourth-order valence-corrected chi connectivity index (χ4v) is 0.737. The average Bonchev–Trinajstić information content (AvgIpc) is 2.05. The van der Waals surface area contributed by atoms with E-state index >= 15 is 0 Å². The van der Waals surface area contributed by atoms with Crippen molar-refractivity contribution < 1.29 is 4.74 Å². The molecule has 0 bridgehead atoms. The molecule has 2 unspecified atom stereocenters. The maximum absolute atomic E-state index is 5.29. The van der Waals surface area contributed by atoms with Crippen LogP contribution in [0, 0.1) is 11.8 Å². The number of hydrogen-bond donors (Lipinski definition) is 2. The van der Waals surface area contributed by atoms with Crippen LogP contribution in [0.25, 0.3) is 0 Å². The lowest BCUT2D eigenvalue weighted by molar-refractivity contribution is 0.0847. The van der Waals surface area contributed by atoms with Gasteiger partial charge in [0.2, 0.25) is 0 Å². The van der Waals surface area contributed by atoms with E-state index in [2.05, 4.69) is 17.3 Å². The van der Waals surface area contributed by atoms with Crippen LogP contribution in [0.2, 0.25) is 0 Å². The summed E-state index contributed by atoms with van der Waals surface area (Å²) in [6.45, 7) is 3.77. The molecule has 2 atom stereocenters. The van der Waals surface area contributed by atoms with E-state index in [9.17, 15) is 0 Å². The molecule has 0 saturated heterocycles. The molecule has 3 heteroatoms. The second-order valence-corrected chi connectivity index (χ2v) is 2.34. The Kier molecular flexibility index (Phi) is 5.86. The zero-order chi connectivity index (χ0) is 8.69. The molecule has 11 heavy (non-hydrogen) atoms.